The Morgan fingerprint density at radius 2 is 1.61 bits per heavy atom. The Morgan fingerprint density at radius 1 is 0.864 bits per heavy atom. The highest BCUT2D eigenvalue weighted by Crippen LogP contribution is 2.34. The summed E-state index contributed by atoms with van der Waals surface area (Å²) in [5.41, 5.74) is 5.19. The number of piperidine rings is 2. The number of hydrogen-bond acceptors (Lipinski definition) is 12. The van der Waals surface area contributed by atoms with Gasteiger partial charge in [-0.3, -0.25) is 38.6 Å². The molecule has 0 radical (unpaired) electrons. The number of pyridine rings is 2. The molecule has 9 rings (SSSR count). The molecule has 4 fully saturated rings. The van der Waals surface area contributed by atoms with Gasteiger partial charge in [0.15, 0.2) is 5.78 Å². The monoisotopic (exact) mass is 799 g/mol. The fourth-order valence-electron chi connectivity index (χ4n) is 9.83. The summed E-state index contributed by atoms with van der Waals surface area (Å²) in [6, 6.07) is 10.5. The van der Waals surface area contributed by atoms with E-state index in [1.165, 1.54) is 19.0 Å². The van der Waals surface area contributed by atoms with Gasteiger partial charge < -0.3 is 15.1 Å². The van der Waals surface area contributed by atoms with Crippen molar-refractivity contribution in [2.45, 2.75) is 83.6 Å². The maximum atomic E-state index is 13.6. The SMILES string of the molecule is CC(=O)c1c(C)c2cnc(Nc3ccc(N4CCC(CCN5CCN(c6ccc7c(C8CCC(=O)NC8=O)nn(C)c7c6)CC5)CC4)cn3)nc2n(C2CCCC2)c1=O. The van der Waals surface area contributed by atoms with Crippen molar-refractivity contribution in [1.82, 2.24) is 39.5 Å². The van der Waals surface area contributed by atoms with Crippen molar-refractivity contribution in [3.8, 4) is 0 Å². The molecule has 15 nitrogen and oxygen atoms in total. The molecule has 3 saturated heterocycles. The number of piperazine rings is 1. The van der Waals surface area contributed by atoms with Gasteiger partial charge in [-0.2, -0.15) is 10.1 Å². The number of benzene rings is 1. The molecule has 7 heterocycles. The first kappa shape index (κ1) is 38.8. The zero-order valence-corrected chi connectivity index (χ0v) is 34.2. The lowest BCUT2D eigenvalue weighted by molar-refractivity contribution is -0.134. The Labute approximate surface area is 343 Å². The predicted octanol–water partition coefficient (Wildman–Crippen LogP) is 5.39. The second-order valence-corrected chi connectivity index (χ2v) is 16.9. The zero-order chi connectivity index (χ0) is 40.8. The highest BCUT2D eigenvalue weighted by atomic mass is 16.2. The van der Waals surface area contributed by atoms with E-state index in [4.69, 9.17) is 15.1 Å². The molecule has 1 atom stereocenters. The van der Waals surface area contributed by atoms with Crippen LogP contribution in [0.2, 0.25) is 0 Å². The number of nitrogens with zero attached hydrogens (tertiary/aromatic N) is 9. The van der Waals surface area contributed by atoms with Crippen LogP contribution in [0.3, 0.4) is 0 Å². The van der Waals surface area contributed by atoms with E-state index in [0.717, 1.165) is 112 Å². The number of carbonyl (C=O) groups is 3. The molecule has 2 N–H and O–H groups in total. The molecule has 0 bridgehead atoms. The number of nitrogens with one attached hydrogen (secondary N) is 2. The summed E-state index contributed by atoms with van der Waals surface area (Å²) in [6.45, 7) is 10.4. The number of fused-ring (bicyclic) bond motifs is 2. The number of carbonyl (C=O) groups excluding carboxylic acids is 3. The number of aryl methyl sites for hydroxylation is 2. The van der Waals surface area contributed by atoms with Gasteiger partial charge in [-0.1, -0.05) is 12.8 Å². The van der Waals surface area contributed by atoms with E-state index in [-0.39, 0.29) is 34.8 Å². The molecular formula is C44H53N11O4. The Kier molecular flexibility index (Phi) is 10.6. The first-order chi connectivity index (χ1) is 28.6. The van der Waals surface area contributed by atoms with Crippen LogP contribution in [0.4, 0.5) is 23.1 Å². The summed E-state index contributed by atoms with van der Waals surface area (Å²) in [4.78, 5) is 71.8. The minimum Gasteiger partial charge on any atom is -0.370 e. The average molecular weight is 800 g/mol. The van der Waals surface area contributed by atoms with Gasteiger partial charge in [-0.05, 0) is 101 Å². The molecule has 1 aliphatic carbocycles. The normalized spacial score (nSPS) is 19.9. The van der Waals surface area contributed by atoms with Crippen LogP contribution in [-0.4, -0.2) is 97.6 Å². The van der Waals surface area contributed by atoms with E-state index in [1.807, 2.05) is 24.0 Å². The Morgan fingerprint density at radius 3 is 2.32 bits per heavy atom. The van der Waals surface area contributed by atoms with Gasteiger partial charge in [0.2, 0.25) is 17.8 Å². The van der Waals surface area contributed by atoms with Crippen LogP contribution in [0, 0.1) is 12.8 Å². The number of Topliss-reactive ketones (excluding diaryl/α,β-unsaturated/α-hetero) is 1. The number of ketones is 1. The summed E-state index contributed by atoms with van der Waals surface area (Å²) >= 11 is 0. The molecule has 5 aromatic rings. The zero-order valence-electron chi connectivity index (χ0n) is 34.2. The third-order valence-corrected chi connectivity index (χ3v) is 13.2. The van der Waals surface area contributed by atoms with Crippen molar-refractivity contribution in [3.05, 3.63) is 69.9 Å². The average Bonchev–Trinajstić information content (AvgIpc) is 3.88. The maximum absolute atomic E-state index is 13.6. The van der Waals surface area contributed by atoms with E-state index in [1.54, 1.807) is 17.7 Å². The van der Waals surface area contributed by atoms with Crippen LogP contribution in [0.15, 0.2) is 47.5 Å². The molecule has 1 saturated carbocycles. The van der Waals surface area contributed by atoms with E-state index in [0.29, 0.717) is 41.7 Å². The van der Waals surface area contributed by atoms with Gasteiger partial charge in [-0.15, -0.1) is 0 Å². The molecule has 59 heavy (non-hydrogen) atoms. The Bertz CT molecular complexity index is 2470. The topological polar surface area (TPSA) is 163 Å². The molecule has 1 unspecified atom stereocenters. The third-order valence-electron chi connectivity index (χ3n) is 13.2. The van der Waals surface area contributed by atoms with Crippen LogP contribution < -0.4 is 26.0 Å². The van der Waals surface area contributed by atoms with Crippen LogP contribution >= 0.6 is 0 Å². The fourth-order valence-corrected chi connectivity index (χ4v) is 9.83. The molecule has 4 aliphatic rings. The lowest BCUT2D eigenvalue weighted by atomic mass is 9.92. The van der Waals surface area contributed by atoms with Crippen LogP contribution in [0.5, 0.6) is 0 Å². The maximum Gasteiger partial charge on any atom is 0.263 e. The van der Waals surface area contributed by atoms with Gasteiger partial charge in [0.25, 0.3) is 5.56 Å². The predicted molar refractivity (Wildman–Crippen MR) is 228 cm³/mol. The molecule has 4 aromatic heterocycles. The summed E-state index contributed by atoms with van der Waals surface area (Å²) in [6.07, 6.45) is 11.9. The van der Waals surface area contributed by atoms with Crippen molar-refractivity contribution in [1.29, 1.82) is 0 Å². The number of aromatic nitrogens is 6. The molecule has 1 aromatic carbocycles. The summed E-state index contributed by atoms with van der Waals surface area (Å²) in [5, 5.41) is 12.1. The summed E-state index contributed by atoms with van der Waals surface area (Å²) in [7, 11) is 1.92. The minimum absolute atomic E-state index is 0.0245. The molecule has 3 aliphatic heterocycles. The summed E-state index contributed by atoms with van der Waals surface area (Å²) < 4.78 is 3.59. The largest absolute Gasteiger partial charge is 0.370 e. The van der Waals surface area contributed by atoms with E-state index in [9.17, 15) is 19.2 Å². The second kappa shape index (κ2) is 16.2. The fraction of sp³-hybridized carbons (Fsp3) is 0.500. The number of amides is 2. The molecule has 0 spiro atoms. The first-order valence-corrected chi connectivity index (χ1v) is 21.3. The van der Waals surface area contributed by atoms with Crippen LogP contribution in [0.1, 0.15) is 98.3 Å². The van der Waals surface area contributed by atoms with Crippen molar-refractivity contribution >= 4 is 62.7 Å². The minimum atomic E-state index is -0.398. The van der Waals surface area contributed by atoms with Crippen molar-refractivity contribution in [2.24, 2.45) is 13.0 Å². The highest BCUT2D eigenvalue weighted by Gasteiger charge is 2.32. The standard InChI is InChI=1S/C44H53N11O4/c1-27-35-26-46-44(49-41(35)55(30-6-4-5-7-30)43(59)39(27)28(2)56)47-37-12-9-32(25-45-37)53-18-15-29(16-19-53)14-17-52-20-22-54(23-21-52)31-8-10-33-36(24-31)51(3)50-40(33)34-11-13-38(57)48-42(34)58/h8-10,12,24-26,29-30,34H,4-7,11,13-23H2,1-3H3,(H,48,57,58)(H,45,46,47,49). The van der Waals surface area contributed by atoms with E-state index in [2.05, 4.69) is 54.6 Å². The summed E-state index contributed by atoms with van der Waals surface area (Å²) in [5.74, 6) is 0.606. The second-order valence-electron chi connectivity index (χ2n) is 16.9. The third kappa shape index (κ3) is 7.68. The van der Waals surface area contributed by atoms with Gasteiger partial charge in [0.1, 0.15) is 11.5 Å². The van der Waals surface area contributed by atoms with Crippen molar-refractivity contribution in [2.75, 3.05) is 60.9 Å². The van der Waals surface area contributed by atoms with Crippen LogP contribution in [-0.2, 0) is 16.6 Å². The van der Waals surface area contributed by atoms with Crippen molar-refractivity contribution < 1.29 is 14.4 Å². The highest BCUT2D eigenvalue weighted by molar-refractivity contribution is 6.03. The molecule has 2 amide bonds. The van der Waals surface area contributed by atoms with Gasteiger partial charge >= 0.3 is 0 Å². The molecule has 308 valence electrons. The van der Waals surface area contributed by atoms with Crippen molar-refractivity contribution in [3.63, 3.8) is 0 Å². The number of hydrogen-bond donors (Lipinski definition) is 2. The molecule has 15 heteroatoms. The first-order valence-electron chi connectivity index (χ1n) is 21.3. The number of anilines is 4. The van der Waals surface area contributed by atoms with Crippen LogP contribution in [0.25, 0.3) is 21.9 Å². The number of rotatable bonds is 10. The smallest absolute Gasteiger partial charge is 0.263 e. The van der Waals surface area contributed by atoms with Gasteiger partial charge in [-0.25, -0.2) is 9.97 Å². The lowest BCUT2D eigenvalue weighted by Gasteiger charge is -2.38. The Hall–Kier alpha value is -5.70. The Balaban J connectivity index is 0.758. The lowest BCUT2D eigenvalue weighted by Crippen LogP contribution is -2.47. The van der Waals surface area contributed by atoms with E-state index < -0.39 is 5.92 Å². The quantitative estimate of drug-likeness (QED) is 0.137. The van der Waals surface area contributed by atoms with Gasteiger partial charge in [0.05, 0.1) is 34.6 Å². The molecular weight excluding hydrogens is 747 g/mol. The van der Waals surface area contributed by atoms with E-state index >= 15 is 0 Å². The number of imide groups is 1. The van der Waals surface area contributed by atoms with Gasteiger partial charge in [0, 0.05) is 81.4 Å².